The second kappa shape index (κ2) is 9.55. The Hall–Kier alpha value is -3.88. The molecule has 0 saturated heterocycles. The zero-order chi connectivity index (χ0) is 21.5. The van der Waals surface area contributed by atoms with Gasteiger partial charge in [-0.1, -0.05) is 0 Å². The quantitative estimate of drug-likeness (QED) is 0.490. The van der Waals surface area contributed by atoms with Gasteiger partial charge in [-0.15, -0.1) is 0 Å². The Morgan fingerprint density at radius 1 is 1.13 bits per heavy atom. The highest BCUT2D eigenvalue weighted by Crippen LogP contribution is 2.19. The number of anilines is 3. The number of carbonyl (C=O) groups is 1. The lowest BCUT2D eigenvalue weighted by atomic mass is 10.2. The van der Waals surface area contributed by atoms with Gasteiger partial charge in [0.05, 0.1) is 7.11 Å². The van der Waals surface area contributed by atoms with E-state index in [-0.39, 0.29) is 11.1 Å². The zero-order valence-electron chi connectivity index (χ0n) is 17.1. The number of ether oxygens (including phenoxy) is 1. The minimum Gasteiger partial charge on any atom is -0.497 e. The van der Waals surface area contributed by atoms with E-state index in [9.17, 15) is 9.59 Å². The molecule has 0 aliphatic heterocycles. The Kier molecular flexibility index (Phi) is 6.63. The van der Waals surface area contributed by atoms with Crippen LogP contribution in [0.25, 0.3) is 0 Å². The monoisotopic (exact) mass is 408 g/mol. The molecular weight excluding hydrogens is 384 g/mol. The summed E-state index contributed by atoms with van der Waals surface area (Å²) < 4.78 is 6.52. The fourth-order valence-corrected chi connectivity index (χ4v) is 2.75. The fourth-order valence-electron chi connectivity index (χ4n) is 2.75. The van der Waals surface area contributed by atoms with Crippen molar-refractivity contribution in [1.82, 2.24) is 19.9 Å². The Balaban J connectivity index is 1.55. The minimum atomic E-state index is -0.412. The molecule has 3 rings (SSSR count). The largest absolute Gasteiger partial charge is 0.497 e. The molecule has 156 valence electrons. The lowest BCUT2D eigenvalue weighted by molar-refractivity contribution is 0.0953. The molecule has 0 aliphatic rings. The van der Waals surface area contributed by atoms with Crippen LogP contribution in [0.5, 0.6) is 5.75 Å². The molecule has 1 aromatic carbocycles. The van der Waals surface area contributed by atoms with Crippen LogP contribution in [0.4, 0.5) is 17.5 Å². The summed E-state index contributed by atoms with van der Waals surface area (Å²) in [5, 5.41) is 9.03. The van der Waals surface area contributed by atoms with Crippen LogP contribution in [0.3, 0.4) is 0 Å². The SMILES string of the molecule is COc1ccc(Nc2cc(C)nc(NCCNC(=O)c3cccn(C)c3=O)n2)cc1. The number of benzene rings is 1. The summed E-state index contributed by atoms with van der Waals surface area (Å²) in [5.74, 6) is 1.45. The molecule has 0 saturated carbocycles. The summed E-state index contributed by atoms with van der Waals surface area (Å²) in [7, 11) is 3.23. The first-order valence-corrected chi connectivity index (χ1v) is 9.41. The molecule has 2 heterocycles. The third-order valence-electron chi connectivity index (χ3n) is 4.28. The first-order chi connectivity index (χ1) is 14.5. The van der Waals surface area contributed by atoms with E-state index in [1.807, 2.05) is 37.3 Å². The van der Waals surface area contributed by atoms with E-state index in [2.05, 4.69) is 25.9 Å². The Labute approximate surface area is 174 Å². The van der Waals surface area contributed by atoms with Crippen LogP contribution in [0.15, 0.2) is 53.5 Å². The lowest BCUT2D eigenvalue weighted by Gasteiger charge is -2.11. The molecule has 3 aromatic rings. The number of amides is 1. The van der Waals surface area contributed by atoms with Gasteiger partial charge < -0.3 is 25.3 Å². The van der Waals surface area contributed by atoms with Gasteiger partial charge in [0, 0.05) is 43.8 Å². The van der Waals surface area contributed by atoms with Gasteiger partial charge in [0.15, 0.2) is 0 Å². The van der Waals surface area contributed by atoms with Crippen LogP contribution in [0, 0.1) is 6.92 Å². The van der Waals surface area contributed by atoms with Crippen LogP contribution in [-0.2, 0) is 7.05 Å². The van der Waals surface area contributed by atoms with Crippen LogP contribution in [0.1, 0.15) is 16.1 Å². The van der Waals surface area contributed by atoms with Gasteiger partial charge >= 0.3 is 0 Å². The highest BCUT2D eigenvalue weighted by atomic mass is 16.5. The minimum absolute atomic E-state index is 0.109. The van der Waals surface area contributed by atoms with Gasteiger partial charge in [-0.3, -0.25) is 9.59 Å². The van der Waals surface area contributed by atoms with Crippen molar-refractivity contribution in [3.63, 3.8) is 0 Å². The highest BCUT2D eigenvalue weighted by molar-refractivity contribution is 5.93. The van der Waals surface area contributed by atoms with Crippen molar-refractivity contribution in [2.45, 2.75) is 6.92 Å². The zero-order valence-corrected chi connectivity index (χ0v) is 17.1. The second-order valence-corrected chi connectivity index (χ2v) is 6.59. The molecule has 0 fully saturated rings. The molecule has 1 amide bonds. The number of hydrogen-bond donors (Lipinski definition) is 3. The number of carbonyl (C=O) groups excluding carboxylic acids is 1. The molecule has 0 atom stereocenters. The van der Waals surface area contributed by atoms with Gasteiger partial charge in [0.1, 0.15) is 17.1 Å². The highest BCUT2D eigenvalue weighted by Gasteiger charge is 2.10. The standard InChI is InChI=1S/C21H24N6O3/c1-14-13-18(25-15-6-8-16(30-3)9-7-15)26-21(24-14)23-11-10-22-19(28)17-5-4-12-27(2)20(17)29/h4-9,12-13H,10-11H2,1-3H3,(H,22,28)(H2,23,24,25,26). The Morgan fingerprint density at radius 3 is 2.63 bits per heavy atom. The summed E-state index contributed by atoms with van der Waals surface area (Å²) in [6.07, 6.45) is 1.60. The topological polar surface area (TPSA) is 110 Å². The molecule has 0 aliphatic carbocycles. The van der Waals surface area contributed by atoms with E-state index in [1.165, 1.54) is 10.6 Å². The van der Waals surface area contributed by atoms with Crippen LogP contribution in [-0.4, -0.2) is 40.6 Å². The van der Waals surface area contributed by atoms with Gasteiger partial charge in [-0.05, 0) is 43.3 Å². The third-order valence-corrected chi connectivity index (χ3v) is 4.28. The molecule has 3 N–H and O–H groups in total. The number of methoxy groups -OCH3 is 1. The number of nitrogens with zero attached hydrogens (tertiary/aromatic N) is 3. The van der Waals surface area contributed by atoms with Crippen molar-refractivity contribution in [3.8, 4) is 5.75 Å². The molecule has 9 heteroatoms. The number of nitrogens with one attached hydrogen (secondary N) is 3. The van der Waals surface area contributed by atoms with Crippen molar-refractivity contribution in [1.29, 1.82) is 0 Å². The number of hydrogen-bond acceptors (Lipinski definition) is 7. The Bertz CT molecular complexity index is 1080. The second-order valence-electron chi connectivity index (χ2n) is 6.59. The van der Waals surface area contributed by atoms with Gasteiger partial charge in [-0.25, -0.2) is 4.98 Å². The third kappa shape index (κ3) is 5.34. The van der Waals surface area contributed by atoms with Crippen LogP contribution in [0.2, 0.25) is 0 Å². The first kappa shape index (κ1) is 20.8. The molecule has 0 unspecified atom stereocenters. The maximum Gasteiger partial charge on any atom is 0.263 e. The normalized spacial score (nSPS) is 10.4. The summed E-state index contributed by atoms with van der Waals surface area (Å²) in [6.45, 7) is 2.60. The summed E-state index contributed by atoms with van der Waals surface area (Å²) in [5.41, 5.74) is 1.44. The van der Waals surface area contributed by atoms with E-state index in [0.717, 1.165) is 17.1 Å². The maximum absolute atomic E-state index is 12.2. The molecule has 2 aromatic heterocycles. The van der Waals surface area contributed by atoms with Crippen molar-refractivity contribution in [3.05, 3.63) is 70.3 Å². The van der Waals surface area contributed by atoms with Crippen molar-refractivity contribution in [2.24, 2.45) is 7.05 Å². The number of pyridine rings is 1. The molecule has 30 heavy (non-hydrogen) atoms. The van der Waals surface area contributed by atoms with E-state index < -0.39 is 5.91 Å². The smallest absolute Gasteiger partial charge is 0.263 e. The average Bonchev–Trinajstić information content (AvgIpc) is 2.73. The summed E-state index contributed by atoms with van der Waals surface area (Å²) >= 11 is 0. The predicted octanol–water partition coefficient (Wildman–Crippen LogP) is 2.08. The first-order valence-electron chi connectivity index (χ1n) is 9.41. The van der Waals surface area contributed by atoms with Crippen molar-refractivity contribution >= 4 is 23.4 Å². The fraction of sp³-hybridized carbons (Fsp3) is 0.238. The van der Waals surface area contributed by atoms with Gasteiger partial charge in [-0.2, -0.15) is 4.98 Å². The summed E-state index contributed by atoms with van der Waals surface area (Å²) in [6, 6.07) is 12.5. The summed E-state index contributed by atoms with van der Waals surface area (Å²) in [4.78, 5) is 33.0. The van der Waals surface area contributed by atoms with Crippen LogP contribution < -0.4 is 26.2 Å². The average molecular weight is 408 g/mol. The van der Waals surface area contributed by atoms with Gasteiger partial charge in [0.25, 0.3) is 11.5 Å². The van der Waals surface area contributed by atoms with E-state index in [0.29, 0.717) is 24.9 Å². The number of aromatic nitrogens is 3. The molecule has 9 nitrogen and oxygen atoms in total. The molecule has 0 spiro atoms. The van der Waals surface area contributed by atoms with Crippen LogP contribution >= 0.6 is 0 Å². The van der Waals surface area contributed by atoms with E-state index >= 15 is 0 Å². The molecule has 0 radical (unpaired) electrons. The van der Waals surface area contributed by atoms with Crippen molar-refractivity contribution < 1.29 is 9.53 Å². The Morgan fingerprint density at radius 2 is 1.90 bits per heavy atom. The molecule has 0 bridgehead atoms. The molecular formula is C21H24N6O3. The maximum atomic E-state index is 12.2. The van der Waals surface area contributed by atoms with Crippen molar-refractivity contribution in [2.75, 3.05) is 30.8 Å². The van der Waals surface area contributed by atoms with Gasteiger partial charge in [0.2, 0.25) is 5.95 Å². The predicted molar refractivity (Wildman–Crippen MR) is 116 cm³/mol. The number of rotatable bonds is 8. The van der Waals surface area contributed by atoms with E-state index in [1.54, 1.807) is 26.4 Å². The lowest BCUT2D eigenvalue weighted by Crippen LogP contribution is -2.34. The van der Waals surface area contributed by atoms with E-state index in [4.69, 9.17) is 4.74 Å². The number of aryl methyl sites for hydroxylation is 2.